The normalized spacial score (nSPS) is 29.6. The van der Waals surface area contributed by atoms with E-state index in [9.17, 15) is 19.5 Å². The average molecular weight is 372 g/mol. The fourth-order valence-electron chi connectivity index (χ4n) is 4.89. The molecule has 2 N–H and O–H groups in total. The minimum atomic E-state index is -0.867. The molecule has 4 atom stereocenters. The number of nitrogens with zero attached hydrogens (tertiary/aromatic N) is 1. The Morgan fingerprint density at radius 2 is 1.63 bits per heavy atom. The lowest BCUT2D eigenvalue weighted by molar-refractivity contribution is -0.148. The molecular weight excluding hydrogens is 348 g/mol. The molecule has 0 spiro atoms. The van der Waals surface area contributed by atoms with E-state index in [4.69, 9.17) is 4.74 Å². The largest absolute Gasteiger partial charge is 0.481 e. The van der Waals surface area contributed by atoms with Gasteiger partial charge in [-0.05, 0) is 55.4 Å². The van der Waals surface area contributed by atoms with Gasteiger partial charge in [0.2, 0.25) is 5.91 Å². The van der Waals surface area contributed by atoms with E-state index in [0.717, 1.165) is 19.3 Å². The van der Waals surface area contributed by atoms with Crippen LogP contribution in [0, 0.1) is 23.7 Å². The lowest BCUT2D eigenvalue weighted by Crippen LogP contribution is -2.40. The van der Waals surface area contributed by atoms with Crippen molar-refractivity contribution in [2.75, 3.05) is 31.6 Å². The van der Waals surface area contributed by atoms with E-state index in [0.29, 0.717) is 37.6 Å². The first-order valence-corrected chi connectivity index (χ1v) is 9.55. The third kappa shape index (κ3) is 3.43. The highest BCUT2D eigenvalue weighted by Crippen LogP contribution is 2.52. The SMILES string of the molecule is O=C(O)[C@H]1[C@H]2CC[C@H](C2)[C@@H]1C(=O)Nc1ccc(C(=O)N2CCOCC2)cc1. The van der Waals surface area contributed by atoms with Crippen LogP contribution >= 0.6 is 0 Å². The maximum atomic E-state index is 12.7. The number of carbonyl (C=O) groups excluding carboxylic acids is 2. The smallest absolute Gasteiger partial charge is 0.307 e. The summed E-state index contributed by atoms with van der Waals surface area (Å²) in [6, 6.07) is 6.80. The van der Waals surface area contributed by atoms with Crippen LogP contribution in [0.5, 0.6) is 0 Å². The Kier molecular flexibility index (Phi) is 4.86. The number of anilines is 1. The van der Waals surface area contributed by atoms with Gasteiger partial charge in [-0.25, -0.2) is 0 Å². The number of hydrogen-bond acceptors (Lipinski definition) is 4. The summed E-state index contributed by atoms with van der Waals surface area (Å²) in [6.07, 6.45) is 2.67. The van der Waals surface area contributed by atoms with Crippen molar-refractivity contribution < 1.29 is 24.2 Å². The first-order valence-electron chi connectivity index (χ1n) is 9.55. The van der Waals surface area contributed by atoms with Gasteiger partial charge in [-0.1, -0.05) is 0 Å². The number of carboxylic acids is 1. The summed E-state index contributed by atoms with van der Waals surface area (Å²) < 4.78 is 5.26. The first kappa shape index (κ1) is 18.0. The van der Waals surface area contributed by atoms with Gasteiger partial charge >= 0.3 is 5.97 Å². The van der Waals surface area contributed by atoms with E-state index in [1.807, 2.05) is 0 Å². The third-order valence-corrected chi connectivity index (χ3v) is 6.20. The summed E-state index contributed by atoms with van der Waals surface area (Å²) in [4.78, 5) is 38.5. The van der Waals surface area contributed by atoms with Gasteiger partial charge < -0.3 is 20.1 Å². The second-order valence-corrected chi connectivity index (χ2v) is 7.69. The first-order chi connectivity index (χ1) is 13.0. The minimum absolute atomic E-state index is 0.0461. The van der Waals surface area contributed by atoms with Gasteiger partial charge in [-0.2, -0.15) is 0 Å². The second-order valence-electron chi connectivity index (χ2n) is 7.69. The molecule has 3 fully saturated rings. The Hall–Kier alpha value is -2.41. The number of ether oxygens (including phenoxy) is 1. The van der Waals surface area contributed by atoms with Crippen LogP contribution in [-0.2, 0) is 14.3 Å². The predicted octanol–water partition coefficient (Wildman–Crippen LogP) is 1.84. The molecule has 7 nitrogen and oxygen atoms in total. The molecule has 2 saturated carbocycles. The van der Waals surface area contributed by atoms with Crippen molar-refractivity contribution >= 4 is 23.5 Å². The molecule has 1 saturated heterocycles. The maximum Gasteiger partial charge on any atom is 0.307 e. The molecule has 3 aliphatic rings. The summed E-state index contributed by atoms with van der Waals surface area (Å²) >= 11 is 0. The number of amides is 2. The molecule has 1 aromatic rings. The Morgan fingerprint density at radius 3 is 2.26 bits per heavy atom. The van der Waals surface area contributed by atoms with Gasteiger partial charge in [0.1, 0.15) is 0 Å². The van der Waals surface area contributed by atoms with Crippen LogP contribution in [-0.4, -0.2) is 54.1 Å². The summed E-state index contributed by atoms with van der Waals surface area (Å²) in [6.45, 7) is 2.26. The number of fused-ring (bicyclic) bond motifs is 2. The molecule has 1 aliphatic heterocycles. The molecule has 0 radical (unpaired) electrons. The number of aliphatic carboxylic acids is 1. The van der Waals surface area contributed by atoms with Crippen molar-refractivity contribution in [3.05, 3.63) is 29.8 Å². The predicted molar refractivity (Wildman–Crippen MR) is 97.2 cm³/mol. The number of carbonyl (C=O) groups is 3. The average Bonchev–Trinajstić information content (AvgIpc) is 3.30. The zero-order valence-corrected chi connectivity index (χ0v) is 15.1. The van der Waals surface area contributed by atoms with E-state index in [1.165, 1.54) is 0 Å². The highest BCUT2D eigenvalue weighted by atomic mass is 16.5. The van der Waals surface area contributed by atoms with E-state index >= 15 is 0 Å². The summed E-state index contributed by atoms with van der Waals surface area (Å²) in [5, 5.41) is 12.4. The number of nitrogens with one attached hydrogen (secondary N) is 1. The van der Waals surface area contributed by atoms with Crippen LogP contribution in [0.1, 0.15) is 29.6 Å². The highest BCUT2D eigenvalue weighted by molar-refractivity contribution is 5.97. The molecule has 1 heterocycles. The maximum absolute atomic E-state index is 12.7. The zero-order chi connectivity index (χ0) is 19.0. The molecule has 2 aliphatic carbocycles. The topological polar surface area (TPSA) is 95.9 Å². The van der Waals surface area contributed by atoms with Crippen LogP contribution < -0.4 is 5.32 Å². The lowest BCUT2D eigenvalue weighted by atomic mass is 9.78. The Labute approximate surface area is 157 Å². The highest BCUT2D eigenvalue weighted by Gasteiger charge is 2.53. The number of rotatable bonds is 4. The molecule has 0 aromatic heterocycles. The fraction of sp³-hybridized carbons (Fsp3) is 0.550. The van der Waals surface area contributed by atoms with Gasteiger partial charge in [-0.3, -0.25) is 14.4 Å². The number of hydrogen-bond donors (Lipinski definition) is 2. The van der Waals surface area contributed by atoms with E-state index in [2.05, 4.69) is 5.32 Å². The standard InChI is InChI=1S/C20H24N2O5/c23-18(16-13-1-2-14(11-13)17(16)20(25)26)21-15-5-3-12(4-6-15)19(24)22-7-9-27-10-8-22/h3-6,13-14,16-17H,1-2,7-11H2,(H,21,23)(H,25,26)/t13-,14+,16+,17+/m1/s1. The third-order valence-electron chi connectivity index (χ3n) is 6.20. The number of carboxylic acid groups (broad SMARTS) is 1. The van der Waals surface area contributed by atoms with Gasteiger partial charge in [0.05, 0.1) is 25.0 Å². The van der Waals surface area contributed by atoms with Crippen molar-refractivity contribution in [1.82, 2.24) is 4.90 Å². The van der Waals surface area contributed by atoms with Crippen LogP contribution in [0.3, 0.4) is 0 Å². The quantitative estimate of drug-likeness (QED) is 0.841. The van der Waals surface area contributed by atoms with Gasteiger partial charge in [-0.15, -0.1) is 0 Å². The van der Waals surface area contributed by atoms with Gasteiger partial charge in [0.15, 0.2) is 0 Å². The van der Waals surface area contributed by atoms with Crippen LogP contribution in [0.15, 0.2) is 24.3 Å². The molecule has 1 aromatic carbocycles. The second kappa shape index (κ2) is 7.31. The molecule has 27 heavy (non-hydrogen) atoms. The van der Waals surface area contributed by atoms with Crippen LogP contribution in [0.2, 0.25) is 0 Å². The Bertz CT molecular complexity index is 741. The van der Waals surface area contributed by atoms with Gasteiger partial charge in [0, 0.05) is 24.3 Å². The minimum Gasteiger partial charge on any atom is -0.481 e. The molecular formula is C20H24N2O5. The number of benzene rings is 1. The van der Waals surface area contributed by atoms with Crippen LogP contribution in [0.4, 0.5) is 5.69 Å². The Morgan fingerprint density at radius 1 is 1.00 bits per heavy atom. The van der Waals surface area contributed by atoms with E-state index < -0.39 is 17.8 Å². The lowest BCUT2D eigenvalue weighted by Gasteiger charge is -2.27. The van der Waals surface area contributed by atoms with Crippen molar-refractivity contribution in [3.8, 4) is 0 Å². The molecule has 4 rings (SSSR count). The molecule has 2 bridgehead atoms. The summed E-state index contributed by atoms with van der Waals surface area (Å²) in [5.41, 5.74) is 1.16. The summed E-state index contributed by atoms with van der Waals surface area (Å²) in [7, 11) is 0. The molecule has 7 heteroatoms. The molecule has 2 amide bonds. The van der Waals surface area contributed by atoms with Crippen LogP contribution in [0.25, 0.3) is 0 Å². The summed E-state index contributed by atoms with van der Waals surface area (Å²) in [5.74, 6) is -1.89. The van der Waals surface area contributed by atoms with Crippen molar-refractivity contribution in [2.24, 2.45) is 23.7 Å². The van der Waals surface area contributed by atoms with Crippen molar-refractivity contribution in [3.63, 3.8) is 0 Å². The Balaban J connectivity index is 1.41. The van der Waals surface area contributed by atoms with E-state index in [1.54, 1.807) is 29.2 Å². The zero-order valence-electron chi connectivity index (χ0n) is 15.1. The monoisotopic (exact) mass is 372 g/mol. The van der Waals surface area contributed by atoms with Gasteiger partial charge in [0.25, 0.3) is 5.91 Å². The fourth-order valence-corrected chi connectivity index (χ4v) is 4.89. The molecule has 0 unspecified atom stereocenters. The van der Waals surface area contributed by atoms with Crippen molar-refractivity contribution in [1.29, 1.82) is 0 Å². The molecule has 144 valence electrons. The van der Waals surface area contributed by atoms with E-state index in [-0.39, 0.29) is 23.7 Å². The van der Waals surface area contributed by atoms with Crippen molar-refractivity contribution in [2.45, 2.75) is 19.3 Å². The number of morpholine rings is 1.